The second-order valence-electron chi connectivity index (χ2n) is 7.00. The van der Waals surface area contributed by atoms with Crippen LogP contribution >= 0.6 is 24.0 Å². The molecule has 6 nitrogen and oxygen atoms in total. The summed E-state index contributed by atoms with van der Waals surface area (Å²) in [6.07, 6.45) is 4.83. The van der Waals surface area contributed by atoms with Crippen LogP contribution in [0.3, 0.4) is 0 Å². The lowest BCUT2D eigenvalue weighted by molar-refractivity contribution is 0.319. The lowest BCUT2D eigenvalue weighted by Crippen LogP contribution is -2.40. The molecule has 1 unspecified atom stereocenters. The first-order valence-electron chi connectivity index (χ1n) is 9.39. The molecule has 0 bridgehead atoms. The van der Waals surface area contributed by atoms with Gasteiger partial charge in [-0.15, -0.1) is 24.0 Å². The molecular formula is C19H33IN4O2S. The van der Waals surface area contributed by atoms with Gasteiger partial charge in [0.05, 0.1) is 11.9 Å². The Morgan fingerprint density at radius 1 is 1.30 bits per heavy atom. The van der Waals surface area contributed by atoms with Gasteiger partial charge in [-0.1, -0.05) is 44.9 Å². The molecule has 1 saturated heterocycles. The van der Waals surface area contributed by atoms with E-state index in [-0.39, 0.29) is 24.0 Å². The molecule has 2 rings (SSSR count). The summed E-state index contributed by atoms with van der Waals surface area (Å²) in [7, 11) is -1.50. The number of guanidine groups is 1. The predicted octanol–water partition coefficient (Wildman–Crippen LogP) is 3.51. The number of hydrogen-bond acceptors (Lipinski definition) is 3. The SMILES string of the molecule is CCC(CC)C1CCN(C(=NC)NCc2ccccc2NS(C)(=O)=O)C1.I. The summed E-state index contributed by atoms with van der Waals surface area (Å²) in [6, 6.07) is 7.43. The molecule has 0 spiro atoms. The zero-order valence-corrected chi connectivity index (χ0v) is 19.9. The Labute approximate surface area is 181 Å². The number of hydrogen-bond donors (Lipinski definition) is 2. The number of likely N-dealkylation sites (tertiary alicyclic amines) is 1. The van der Waals surface area contributed by atoms with Gasteiger partial charge in [0.15, 0.2) is 5.96 Å². The van der Waals surface area contributed by atoms with Crippen molar-refractivity contribution in [3.63, 3.8) is 0 Å². The maximum Gasteiger partial charge on any atom is 0.229 e. The van der Waals surface area contributed by atoms with E-state index in [4.69, 9.17) is 0 Å². The maximum absolute atomic E-state index is 11.5. The van der Waals surface area contributed by atoms with Gasteiger partial charge >= 0.3 is 0 Å². The minimum absolute atomic E-state index is 0. The highest BCUT2D eigenvalue weighted by Crippen LogP contribution is 2.28. The first kappa shape index (κ1) is 24.0. The van der Waals surface area contributed by atoms with Gasteiger partial charge in [0, 0.05) is 26.7 Å². The molecule has 1 aliphatic rings. The van der Waals surface area contributed by atoms with Crippen LogP contribution in [0.25, 0.3) is 0 Å². The number of benzene rings is 1. The number of aliphatic imine (C=N–C) groups is 1. The molecule has 0 radical (unpaired) electrons. The lowest BCUT2D eigenvalue weighted by atomic mass is 9.87. The number of halogens is 1. The van der Waals surface area contributed by atoms with E-state index in [0.717, 1.165) is 36.4 Å². The summed E-state index contributed by atoms with van der Waals surface area (Å²) in [5.41, 5.74) is 1.50. The summed E-state index contributed by atoms with van der Waals surface area (Å²) in [4.78, 5) is 6.74. The molecule has 0 amide bonds. The first-order valence-corrected chi connectivity index (χ1v) is 11.3. The van der Waals surface area contributed by atoms with Crippen molar-refractivity contribution in [2.45, 2.75) is 39.7 Å². The van der Waals surface area contributed by atoms with Crippen LogP contribution in [0.15, 0.2) is 29.3 Å². The zero-order valence-electron chi connectivity index (χ0n) is 16.7. The lowest BCUT2D eigenvalue weighted by Gasteiger charge is -2.24. The van der Waals surface area contributed by atoms with Crippen LogP contribution in [0.2, 0.25) is 0 Å². The van der Waals surface area contributed by atoms with Crippen molar-refractivity contribution >= 4 is 45.6 Å². The predicted molar refractivity (Wildman–Crippen MR) is 124 cm³/mol. The van der Waals surface area contributed by atoms with Crippen molar-refractivity contribution in [2.24, 2.45) is 16.8 Å². The van der Waals surface area contributed by atoms with Crippen molar-refractivity contribution in [1.29, 1.82) is 0 Å². The fraction of sp³-hybridized carbons (Fsp3) is 0.632. The highest BCUT2D eigenvalue weighted by Gasteiger charge is 2.29. The standard InChI is InChI=1S/C19H32N4O2S.HI/c1-5-15(6-2)17-11-12-23(14-17)19(20-3)21-13-16-9-7-8-10-18(16)22-26(4,24)25;/h7-10,15,17,22H,5-6,11-14H2,1-4H3,(H,20,21);1H. The van der Waals surface area contributed by atoms with Crippen LogP contribution < -0.4 is 10.0 Å². The average molecular weight is 508 g/mol. The van der Waals surface area contributed by atoms with E-state index >= 15 is 0 Å². The van der Waals surface area contributed by atoms with E-state index in [9.17, 15) is 8.42 Å². The summed E-state index contributed by atoms with van der Waals surface area (Å²) >= 11 is 0. The fourth-order valence-corrected chi connectivity index (χ4v) is 4.40. The summed E-state index contributed by atoms with van der Waals surface area (Å²) < 4.78 is 25.7. The summed E-state index contributed by atoms with van der Waals surface area (Å²) in [6.45, 7) is 7.13. The van der Waals surface area contributed by atoms with Gasteiger partial charge in [0.25, 0.3) is 0 Å². The summed E-state index contributed by atoms with van der Waals surface area (Å²) in [5, 5.41) is 3.39. The maximum atomic E-state index is 11.5. The molecule has 1 atom stereocenters. The average Bonchev–Trinajstić information content (AvgIpc) is 3.06. The molecule has 0 aliphatic carbocycles. The molecule has 1 aromatic rings. The Kier molecular flexibility index (Phi) is 9.86. The van der Waals surface area contributed by atoms with E-state index < -0.39 is 10.0 Å². The molecule has 0 saturated carbocycles. The van der Waals surface area contributed by atoms with E-state index in [0.29, 0.717) is 12.2 Å². The Bertz CT molecular complexity index is 720. The van der Waals surface area contributed by atoms with Crippen LogP contribution in [-0.4, -0.2) is 45.7 Å². The van der Waals surface area contributed by atoms with Crippen LogP contribution in [-0.2, 0) is 16.6 Å². The molecule has 1 fully saturated rings. The Balaban J connectivity index is 0.00000364. The van der Waals surface area contributed by atoms with Gasteiger partial charge in [0.1, 0.15) is 0 Å². The molecule has 1 aromatic carbocycles. The van der Waals surface area contributed by atoms with Crippen LogP contribution in [0.4, 0.5) is 5.69 Å². The van der Waals surface area contributed by atoms with Gasteiger partial charge in [-0.3, -0.25) is 9.71 Å². The Morgan fingerprint density at radius 2 is 1.96 bits per heavy atom. The molecule has 1 heterocycles. The van der Waals surface area contributed by atoms with Gasteiger partial charge in [0.2, 0.25) is 10.0 Å². The van der Waals surface area contributed by atoms with Crippen molar-refractivity contribution in [2.75, 3.05) is 31.1 Å². The normalized spacial score (nSPS) is 17.7. The van der Waals surface area contributed by atoms with E-state index in [1.54, 1.807) is 13.1 Å². The second kappa shape index (κ2) is 11.1. The number of sulfonamides is 1. The molecular weight excluding hydrogens is 475 g/mol. The van der Waals surface area contributed by atoms with E-state index in [2.05, 4.69) is 33.8 Å². The zero-order chi connectivity index (χ0) is 19.2. The number of anilines is 1. The topological polar surface area (TPSA) is 73.8 Å². The largest absolute Gasteiger partial charge is 0.352 e. The first-order chi connectivity index (χ1) is 12.4. The highest BCUT2D eigenvalue weighted by molar-refractivity contribution is 14.0. The number of nitrogens with one attached hydrogen (secondary N) is 2. The minimum atomic E-state index is -3.30. The van der Waals surface area contributed by atoms with Crippen LogP contribution in [0, 0.1) is 11.8 Å². The van der Waals surface area contributed by atoms with E-state index in [1.165, 1.54) is 25.5 Å². The number of rotatable bonds is 7. The fourth-order valence-electron chi connectivity index (χ4n) is 3.80. The minimum Gasteiger partial charge on any atom is -0.352 e. The Hall–Kier alpha value is -1.03. The van der Waals surface area contributed by atoms with Crippen LogP contribution in [0.5, 0.6) is 0 Å². The smallest absolute Gasteiger partial charge is 0.229 e. The third-order valence-corrected chi connectivity index (χ3v) is 5.79. The third kappa shape index (κ3) is 7.14. The number of para-hydroxylation sites is 1. The third-order valence-electron chi connectivity index (χ3n) is 5.20. The highest BCUT2D eigenvalue weighted by atomic mass is 127. The summed E-state index contributed by atoms with van der Waals surface area (Å²) in [5.74, 6) is 2.38. The van der Waals surface area contributed by atoms with Crippen molar-refractivity contribution in [3.05, 3.63) is 29.8 Å². The molecule has 8 heteroatoms. The molecule has 0 aromatic heterocycles. The molecule has 1 aliphatic heterocycles. The van der Waals surface area contributed by atoms with E-state index in [1.807, 2.05) is 18.2 Å². The van der Waals surface area contributed by atoms with Gasteiger partial charge < -0.3 is 10.2 Å². The van der Waals surface area contributed by atoms with Crippen LogP contribution in [0.1, 0.15) is 38.7 Å². The van der Waals surface area contributed by atoms with Gasteiger partial charge in [-0.05, 0) is 29.9 Å². The molecule has 154 valence electrons. The monoisotopic (exact) mass is 508 g/mol. The molecule has 2 N–H and O–H groups in total. The van der Waals surface area contributed by atoms with Crippen molar-refractivity contribution in [1.82, 2.24) is 10.2 Å². The van der Waals surface area contributed by atoms with Crippen molar-refractivity contribution < 1.29 is 8.42 Å². The van der Waals surface area contributed by atoms with Crippen molar-refractivity contribution in [3.8, 4) is 0 Å². The van der Waals surface area contributed by atoms with Gasteiger partial charge in [-0.25, -0.2) is 8.42 Å². The molecule has 27 heavy (non-hydrogen) atoms. The quantitative estimate of drug-likeness (QED) is 0.336. The second-order valence-corrected chi connectivity index (χ2v) is 8.75. The Morgan fingerprint density at radius 3 is 2.56 bits per heavy atom. The van der Waals surface area contributed by atoms with Gasteiger partial charge in [-0.2, -0.15) is 0 Å². The number of nitrogens with zero attached hydrogens (tertiary/aromatic N) is 2.